The number of hydrogen-bond acceptors (Lipinski definition) is 8. The smallest absolute Gasteiger partial charge is 0.350 e. The zero-order valence-electron chi connectivity index (χ0n) is 11.8. The number of hydrogen-bond donors (Lipinski definition) is 5. The van der Waals surface area contributed by atoms with Crippen molar-refractivity contribution in [1.29, 1.82) is 0 Å². The van der Waals surface area contributed by atoms with Crippen molar-refractivity contribution in [2.75, 3.05) is 12.1 Å². The Morgan fingerprint density at radius 1 is 1.30 bits per heavy atom. The molecule has 0 bridgehead atoms. The van der Waals surface area contributed by atoms with E-state index in [4.69, 9.17) is 20.3 Å². The van der Waals surface area contributed by atoms with E-state index < -0.39 is 38.3 Å². The number of imidazole rings is 1. The highest BCUT2D eigenvalue weighted by atomic mass is 31.2. The molecule has 0 aromatic carbocycles. The van der Waals surface area contributed by atoms with E-state index in [1.54, 1.807) is 4.57 Å². The van der Waals surface area contributed by atoms with Gasteiger partial charge in [-0.15, -0.1) is 0 Å². The van der Waals surface area contributed by atoms with Crippen molar-refractivity contribution in [2.24, 2.45) is 0 Å². The van der Waals surface area contributed by atoms with Crippen LogP contribution < -0.4 is 5.73 Å². The third-order valence-electron chi connectivity index (χ3n) is 3.80. The number of aliphatic hydroxyl groups is 2. The number of ether oxygens (including phenoxy) is 1. The van der Waals surface area contributed by atoms with E-state index in [1.807, 2.05) is 0 Å². The molecule has 0 aliphatic heterocycles. The molecule has 2 aromatic rings. The van der Waals surface area contributed by atoms with E-state index in [1.165, 1.54) is 12.7 Å². The fraction of sp³-hybridized carbons (Fsp3) is 0.545. The van der Waals surface area contributed by atoms with Gasteiger partial charge in [0.1, 0.15) is 30.4 Å². The maximum atomic E-state index is 10.9. The Bertz CT molecular complexity index is 762. The summed E-state index contributed by atoms with van der Waals surface area (Å²) in [7, 11) is -4.36. The van der Waals surface area contributed by atoms with Crippen molar-refractivity contribution in [1.82, 2.24) is 19.5 Å². The number of fused-ring (bicyclic) bond motifs is 1. The maximum absolute atomic E-state index is 10.9. The fourth-order valence-electron chi connectivity index (χ4n) is 2.71. The molecule has 0 radical (unpaired) electrons. The van der Waals surface area contributed by atoms with Gasteiger partial charge in [-0.25, -0.2) is 15.0 Å². The average Bonchev–Trinajstić information content (AvgIpc) is 3.01. The summed E-state index contributed by atoms with van der Waals surface area (Å²) in [5.74, 6) is 0.191. The summed E-state index contributed by atoms with van der Waals surface area (Å²) in [5, 5.41) is 20.2. The van der Waals surface area contributed by atoms with E-state index in [0.717, 1.165) is 0 Å². The van der Waals surface area contributed by atoms with E-state index in [-0.39, 0.29) is 12.2 Å². The Hall–Kier alpha value is -1.62. The minimum Gasteiger partial charge on any atom is -0.388 e. The summed E-state index contributed by atoms with van der Waals surface area (Å²) in [4.78, 5) is 29.7. The van der Waals surface area contributed by atoms with Crippen molar-refractivity contribution in [3.63, 3.8) is 0 Å². The van der Waals surface area contributed by atoms with Crippen LogP contribution in [-0.4, -0.2) is 64.2 Å². The minimum atomic E-state index is -4.36. The lowest BCUT2D eigenvalue weighted by Gasteiger charge is -2.18. The Balaban J connectivity index is 1.85. The molecule has 1 aliphatic rings. The van der Waals surface area contributed by atoms with Gasteiger partial charge in [0.15, 0.2) is 11.5 Å². The lowest BCUT2D eigenvalue weighted by atomic mass is 10.2. The molecule has 0 saturated heterocycles. The first kappa shape index (κ1) is 16.2. The second-order valence-electron chi connectivity index (χ2n) is 5.37. The number of nitrogens with zero attached hydrogens (tertiary/aromatic N) is 4. The van der Waals surface area contributed by atoms with Gasteiger partial charge < -0.3 is 35.0 Å². The molecule has 23 heavy (non-hydrogen) atoms. The van der Waals surface area contributed by atoms with Gasteiger partial charge in [-0.05, 0) is 6.42 Å². The molecular weight excluding hydrogens is 329 g/mol. The van der Waals surface area contributed by atoms with Crippen molar-refractivity contribution in [3.8, 4) is 0 Å². The zero-order chi connectivity index (χ0) is 16.8. The summed E-state index contributed by atoms with van der Waals surface area (Å²) in [6.07, 6.45) is -1.42. The standard InChI is InChI=1S/C11H16N5O6P/c12-10-7-11(14-2-13-10)16(3-15-7)5-1-6(9(18)8(5)17)22-4-23(19,20)21/h2-3,5-6,8-9,17-18H,1,4H2,(H2,12,13,14)(H2,19,20,21)/t5-,6+,8-,9-/m1/s1. The van der Waals surface area contributed by atoms with Crippen molar-refractivity contribution in [3.05, 3.63) is 12.7 Å². The minimum absolute atomic E-state index is 0.137. The molecule has 0 unspecified atom stereocenters. The van der Waals surface area contributed by atoms with Crippen molar-refractivity contribution >= 4 is 24.6 Å². The lowest BCUT2D eigenvalue weighted by molar-refractivity contribution is -0.0478. The number of rotatable bonds is 4. The van der Waals surface area contributed by atoms with E-state index >= 15 is 0 Å². The van der Waals surface area contributed by atoms with Gasteiger partial charge in [-0.1, -0.05) is 0 Å². The summed E-state index contributed by atoms with van der Waals surface area (Å²) >= 11 is 0. The fourth-order valence-corrected chi connectivity index (χ4v) is 3.10. The summed E-state index contributed by atoms with van der Waals surface area (Å²) in [6, 6.07) is -0.619. The van der Waals surface area contributed by atoms with Gasteiger partial charge in [0.05, 0.1) is 18.5 Å². The predicted octanol–water partition coefficient (Wildman–Crippen LogP) is -1.40. The topological polar surface area (TPSA) is 177 Å². The third-order valence-corrected chi connectivity index (χ3v) is 4.29. The monoisotopic (exact) mass is 345 g/mol. The number of nitrogen functional groups attached to an aromatic ring is 1. The molecule has 3 rings (SSSR count). The van der Waals surface area contributed by atoms with E-state index in [2.05, 4.69) is 15.0 Å². The summed E-state index contributed by atoms with van der Waals surface area (Å²) in [6.45, 7) is 0. The number of aromatic nitrogens is 4. The van der Waals surface area contributed by atoms with Crippen LogP contribution in [0.25, 0.3) is 11.2 Å². The summed E-state index contributed by atoms with van der Waals surface area (Å²) < 4.78 is 17.5. The lowest BCUT2D eigenvalue weighted by Crippen LogP contribution is -2.32. The first-order valence-electron chi connectivity index (χ1n) is 6.73. The second kappa shape index (κ2) is 5.78. The highest BCUT2D eigenvalue weighted by molar-refractivity contribution is 7.51. The largest absolute Gasteiger partial charge is 0.388 e. The van der Waals surface area contributed by atoms with Crippen LogP contribution in [-0.2, 0) is 9.30 Å². The molecule has 11 nitrogen and oxygen atoms in total. The van der Waals surface area contributed by atoms with Crippen LogP contribution in [0.3, 0.4) is 0 Å². The molecule has 0 amide bonds. The predicted molar refractivity (Wildman–Crippen MR) is 77.2 cm³/mol. The summed E-state index contributed by atoms with van der Waals surface area (Å²) in [5.41, 5.74) is 6.47. The molecule has 2 aromatic heterocycles. The van der Waals surface area contributed by atoms with E-state index in [0.29, 0.717) is 11.2 Å². The molecule has 1 saturated carbocycles. The first-order valence-corrected chi connectivity index (χ1v) is 8.53. The van der Waals surface area contributed by atoms with Crippen LogP contribution in [0.4, 0.5) is 5.82 Å². The first-order chi connectivity index (χ1) is 10.8. The van der Waals surface area contributed by atoms with Crippen LogP contribution in [0.5, 0.6) is 0 Å². The quantitative estimate of drug-likeness (QED) is 0.414. The van der Waals surface area contributed by atoms with Gasteiger partial charge >= 0.3 is 7.60 Å². The number of aliphatic hydroxyl groups excluding tert-OH is 2. The van der Waals surface area contributed by atoms with Crippen LogP contribution >= 0.6 is 7.60 Å². The maximum Gasteiger partial charge on any atom is 0.350 e. The Morgan fingerprint density at radius 2 is 2.04 bits per heavy atom. The van der Waals surface area contributed by atoms with E-state index in [9.17, 15) is 14.8 Å². The molecule has 0 spiro atoms. The highest BCUT2D eigenvalue weighted by Gasteiger charge is 2.44. The van der Waals surface area contributed by atoms with Crippen LogP contribution in [0.2, 0.25) is 0 Å². The molecule has 1 aliphatic carbocycles. The van der Waals surface area contributed by atoms with Crippen LogP contribution in [0, 0.1) is 0 Å². The molecule has 6 N–H and O–H groups in total. The number of nitrogens with two attached hydrogens (primary N) is 1. The van der Waals surface area contributed by atoms with Crippen LogP contribution in [0.1, 0.15) is 12.5 Å². The molecular formula is C11H16N5O6P. The number of anilines is 1. The SMILES string of the molecule is Nc1ncnc2c1ncn2[C@@H]1C[C@H](OCP(=O)(O)O)[C@@H](O)[C@@H]1O. The molecule has 12 heteroatoms. The molecule has 126 valence electrons. The Labute approximate surface area is 129 Å². The van der Waals surface area contributed by atoms with Crippen molar-refractivity contribution < 1.29 is 29.3 Å². The van der Waals surface area contributed by atoms with Crippen molar-refractivity contribution in [2.45, 2.75) is 30.8 Å². The molecule has 1 fully saturated rings. The Kier molecular flexibility index (Phi) is 4.08. The van der Waals surface area contributed by atoms with Gasteiger partial charge in [0, 0.05) is 0 Å². The Morgan fingerprint density at radius 3 is 2.74 bits per heavy atom. The van der Waals surface area contributed by atoms with Gasteiger partial charge in [-0.3, -0.25) is 4.57 Å². The van der Waals surface area contributed by atoms with Crippen LogP contribution in [0.15, 0.2) is 12.7 Å². The van der Waals surface area contributed by atoms with Gasteiger partial charge in [0.2, 0.25) is 0 Å². The average molecular weight is 345 g/mol. The molecule has 2 heterocycles. The second-order valence-corrected chi connectivity index (χ2v) is 6.95. The van der Waals surface area contributed by atoms with Gasteiger partial charge in [-0.2, -0.15) is 0 Å². The molecule has 4 atom stereocenters. The third kappa shape index (κ3) is 3.07. The highest BCUT2D eigenvalue weighted by Crippen LogP contribution is 2.39. The normalized spacial score (nSPS) is 28.5. The zero-order valence-corrected chi connectivity index (χ0v) is 12.7. The van der Waals surface area contributed by atoms with Gasteiger partial charge in [0.25, 0.3) is 0 Å².